The van der Waals surface area contributed by atoms with Gasteiger partial charge in [-0.2, -0.15) is 8.42 Å². The normalized spacial score (nSPS) is 15.3. The minimum absolute atomic E-state index is 0.0182. The van der Waals surface area contributed by atoms with E-state index in [1.807, 2.05) is 79.4 Å². The highest BCUT2D eigenvalue weighted by atomic mass is 32.2. The Morgan fingerprint density at radius 2 is 1.26 bits per heavy atom. The van der Waals surface area contributed by atoms with Gasteiger partial charge in [0.1, 0.15) is 36.0 Å². The second-order valence-corrected chi connectivity index (χ2v) is 23.6. The SMILES string of the molecule is CC(C)C[C@H](NC(=O)[C@H](CCc1ccccc1)NC(=O)CN1CCOCC1)C(=O)N[C@@H](Cc1ccccc1)C(=O)N[C@@H](CC(C)C)C(=O)C(C)(O)COS(=O)(=O)c1ccc(NC(=O)NCc2cn(PCc3ccccc3)nn2)cc1. The monoisotopic (exact) mass is 1140 g/mol. The van der Waals surface area contributed by atoms with Crippen molar-refractivity contribution in [3.05, 3.63) is 144 Å². The molecule has 4 aromatic carbocycles. The van der Waals surface area contributed by atoms with Gasteiger partial charge < -0.3 is 41.7 Å². The summed E-state index contributed by atoms with van der Waals surface area (Å²) in [6.45, 7) is 9.69. The number of anilines is 1. The number of hydrogen-bond donors (Lipinski definition) is 7. The third kappa shape index (κ3) is 20.6. The van der Waals surface area contributed by atoms with Gasteiger partial charge >= 0.3 is 6.03 Å². The van der Waals surface area contributed by atoms with Gasteiger partial charge in [0, 0.05) is 40.1 Å². The van der Waals surface area contributed by atoms with Gasteiger partial charge in [0.15, 0.2) is 5.78 Å². The van der Waals surface area contributed by atoms with E-state index in [1.165, 1.54) is 29.8 Å². The van der Waals surface area contributed by atoms with E-state index in [0.717, 1.165) is 18.6 Å². The van der Waals surface area contributed by atoms with Crippen LogP contribution in [0.1, 0.15) is 76.3 Å². The van der Waals surface area contributed by atoms with Crippen molar-refractivity contribution >= 4 is 60.0 Å². The van der Waals surface area contributed by atoms with Crippen LogP contribution in [-0.4, -0.2) is 138 Å². The molecule has 1 fully saturated rings. The smallest absolute Gasteiger partial charge is 0.319 e. The summed E-state index contributed by atoms with van der Waals surface area (Å²) in [5.41, 5.74) is 1.14. The average molecular weight is 1140 g/mol. The van der Waals surface area contributed by atoms with Crippen LogP contribution in [0.5, 0.6) is 0 Å². The minimum Gasteiger partial charge on any atom is -0.380 e. The van der Waals surface area contributed by atoms with Crippen molar-refractivity contribution in [2.75, 3.05) is 44.8 Å². The number of morpholine rings is 1. The van der Waals surface area contributed by atoms with Gasteiger partial charge in [0.05, 0.1) is 43.4 Å². The summed E-state index contributed by atoms with van der Waals surface area (Å²) in [6, 6.07) is 28.0. The zero-order valence-electron chi connectivity index (χ0n) is 45.9. The molecule has 1 aliphatic rings. The van der Waals surface area contributed by atoms with Crippen molar-refractivity contribution in [2.45, 2.75) is 114 Å². The maximum atomic E-state index is 14.5. The van der Waals surface area contributed by atoms with Crippen molar-refractivity contribution in [1.82, 2.24) is 46.2 Å². The van der Waals surface area contributed by atoms with Crippen LogP contribution in [0.25, 0.3) is 0 Å². The van der Waals surface area contributed by atoms with Crippen LogP contribution in [0.15, 0.2) is 126 Å². The Bertz CT molecular complexity index is 2910. The highest BCUT2D eigenvalue weighted by Gasteiger charge is 2.40. The Kier molecular flexibility index (Phi) is 23.8. The minimum atomic E-state index is -4.58. The van der Waals surface area contributed by atoms with Crippen LogP contribution in [0.3, 0.4) is 0 Å². The lowest BCUT2D eigenvalue weighted by Gasteiger charge is -2.30. The molecule has 2 heterocycles. The first-order valence-corrected chi connectivity index (χ1v) is 29.4. The molecule has 6 amide bonds. The molecule has 2 unspecified atom stereocenters. The van der Waals surface area contributed by atoms with Crippen LogP contribution < -0.4 is 31.9 Å². The number of carbonyl (C=O) groups is 6. The first-order chi connectivity index (χ1) is 38.2. The van der Waals surface area contributed by atoms with Gasteiger partial charge in [-0.05, 0) is 85.4 Å². The average Bonchev–Trinajstić information content (AvgIpc) is 3.90. The van der Waals surface area contributed by atoms with E-state index in [0.29, 0.717) is 52.7 Å². The second kappa shape index (κ2) is 30.6. The maximum Gasteiger partial charge on any atom is 0.319 e. The lowest BCUT2D eigenvalue weighted by Crippen LogP contribution is -2.60. The third-order valence-electron chi connectivity index (χ3n) is 13.0. The predicted octanol–water partition coefficient (Wildman–Crippen LogP) is 4.51. The fourth-order valence-electron chi connectivity index (χ4n) is 8.69. The summed E-state index contributed by atoms with van der Waals surface area (Å²) in [7, 11) is -4.25. The molecule has 0 bridgehead atoms. The zero-order chi connectivity index (χ0) is 57.7. The Hall–Kier alpha value is -6.94. The van der Waals surface area contributed by atoms with E-state index in [2.05, 4.69) is 42.2 Å². The Morgan fingerprint density at radius 1 is 0.713 bits per heavy atom. The molecule has 21 nitrogen and oxygen atoms in total. The maximum absolute atomic E-state index is 14.5. The van der Waals surface area contributed by atoms with Crippen molar-refractivity contribution in [3.8, 4) is 0 Å². The number of Topliss-reactive ketones (excluding diaryl/α,β-unsaturated/α-hetero) is 1. The molecule has 6 rings (SSSR count). The van der Waals surface area contributed by atoms with Crippen molar-refractivity contribution in [2.24, 2.45) is 11.8 Å². The van der Waals surface area contributed by atoms with E-state index in [9.17, 15) is 42.3 Å². The lowest BCUT2D eigenvalue weighted by molar-refractivity contribution is -0.143. The molecule has 0 aliphatic carbocycles. The molecule has 1 aromatic heterocycles. The number of hydrogen-bond acceptors (Lipinski definition) is 14. The number of ether oxygens (including phenoxy) is 1. The topological polar surface area (TPSA) is 281 Å². The van der Waals surface area contributed by atoms with Crippen LogP contribution in [-0.2, 0) is 68.6 Å². The van der Waals surface area contributed by atoms with Crippen LogP contribution >= 0.6 is 8.73 Å². The summed E-state index contributed by atoms with van der Waals surface area (Å²) in [4.78, 5) is 85.1. The predicted molar refractivity (Wildman–Crippen MR) is 304 cm³/mol. The molecule has 1 aliphatic heterocycles. The van der Waals surface area contributed by atoms with E-state index >= 15 is 0 Å². The first kappa shape index (κ1) is 62.3. The van der Waals surface area contributed by atoms with Gasteiger partial charge in [-0.1, -0.05) is 124 Å². The molecule has 1 saturated heterocycles. The number of benzene rings is 4. The summed E-state index contributed by atoms with van der Waals surface area (Å²) in [5, 5.41) is 36.4. The largest absolute Gasteiger partial charge is 0.380 e. The van der Waals surface area contributed by atoms with Crippen molar-refractivity contribution < 1.29 is 51.2 Å². The molecule has 0 spiro atoms. The number of rotatable bonds is 30. The van der Waals surface area contributed by atoms with Gasteiger partial charge in [-0.3, -0.25) is 33.1 Å². The van der Waals surface area contributed by atoms with Gasteiger partial charge in [-0.15, -0.1) is 5.10 Å². The zero-order valence-corrected chi connectivity index (χ0v) is 47.7. The number of nitrogens with zero attached hydrogens (tertiary/aromatic N) is 4. The number of nitrogens with one attached hydrogen (secondary N) is 6. The molecule has 80 heavy (non-hydrogen) atoms. The standard InChI is InChI=1S/C57H75N10O11PS/c1-39(2)31-48(52(69)57(5,74)38-78-80(75,76)46-24-22-44(23-25-46)59-56(73)58-34-45-35-67(65-64-45)79-37-43-19-13-8-14-20-43)61-55(72)50(33-42-17-11-7-12-18-42)63-54(71)49(32-40(3)4)62-53(70)47(26-21-41-15-9-6-10-16-41)60-51(68)36-66-27-29-77-30-28-66/h6-20,22-25,35,39-40,47-50,74,79H,21,26-34,36-38H2,1-5H3,(H,60,68)(H,61,72)(H,62,70)(H,63,71)(H2,58,59,73)/t47-,48-,49-,50-,57?/m0/s1. The van der Waals surface area contributed by atoms with Gasteiger partial charge in [-0.25, -0.2) is 9.25 Å². The quantitative estimate of drug-likeness (QED) is 0.0246. The first-order valence-electron chi connectivity index (χ1n) is 26.8. The summed E-state index contributed by atoms with van der Waals surface area (Å²) < 4.78 is 39.3. The molecule has 430 valence electrons. The van der Waals surface area contributed by atoms with Gasteiger partial charge in [0.25, 0.3) is 10.1 Å². The number of ketones is 1. The third-order valence-corrected chi connectivity index (χ3v) is 15.4. The highest BCUT2D eigenvalue weighted by molar-refractivity contribution is 7.86. The summed E-state index contributed by atoms with van der Waals surface area (Å²) in [6.07, 6.45) is 3.39. The van der Waals surface area contributed by atoms with Crippen LogP contribution in [0.2, 0.25) is 0 Å². The van der Waals surface area contributed by atoms with Crippen molar-refractivity contribution in [1.29, 1.82) is 0 Å². The van der Waals surface area contributed by atoms with Crippen LogP contribution in [0, 0.1) is 11.8 Å². The van der Waals surface area contributed by atoms with Crippen molar-refractivity contribution in [3.63, 3.8) is 0 Å². The summed E-state index contributed by atoms with van der Waals surface area (Å²) in [5.74, 6) is -3.65. The molecule has 7 N–H and O–H groups in total. The molecule has 23 heteroatoms. The number of aromatic nitrogens is 3. The van der Waals surface area contributed by atoms with Crippen LogP contribution in [0.4, 0.5) is 10.5 Å². The Labute approximate surface area is 470 Å². The number of urea groups is 1. The Morgan fingerprint density at radius 3 is 1.89 bits per heavy atom. The molecule has 5 aromatic rings. The number of aryl methyl sites for hydroxylation is 1. The summed E-state index contributed by atoms with van der Waals surface area (Å²) >= 11 is 0. The second-order valence-electron chi connectivity index (χ2n) is 20.8. The molecule has 6 atom stereocenters. The molecule has 0 saturated carbocycles. The molecular formula is C57H75N10O11PS. The van der Waals surface area contributed by atoms with E-state index < -0.39 is 76.0 Å². The fourth-order valence-corrected chi connectivity index (χ4v) is 10.6. The highest BCUT2D eigenvalue weighted by Crippen LogP contribution is 2.22. The van der Waals surface area contributed by atoms with E-state index in [1.54, 1.807) is 54.8 Å². The fraction of sp³-hybridized carbons (Fsp3) is 0.439. The van der Waals surface area contributed by atoms with E-state index in [-0.39, 0.29) is 67.1 Å². The number of amides is 6. The Balaban J connectivity index is 1.08. The number of aliphatic hydroxyl groups is 1. The number of carbonyl (C=O) groups excluding carboxylic acids is 6. The van der Waals surface area contributed by atoms with E-state index in [4.69, 9.17) is 8.92 Å². The molecular weight excluding hydrogens is 1060 g/mol. The van der Waals surface area contributed by atoms with Gasteiger partial charge in [0.2, 0.25) is 23.6 Å². The molecule has 0 radical (unpaired) electrons. The lowest BCUT2D eigenvalue weighted by atomic mass is 9.90.